The lowest BCUT2D eigenvalue weighted by atomic mass is 10.2. The van der Waals surface area contributed by atoms with Gasteiger partial charge in [0.2, 0.25) is 0 Å². The van der Waals surface area contributed by atoms with Crippen molar-refractivity contribution < 1.29 is 4.74 Å². The zero-order chi connectivity index (χ0) is 14.8. The summed E-state index contributed by atoms with van der Waals surface area (Å²) in [5.41, 5.74) is 2.25. The summed E-state index contributed by atoms with van der Waals surface area (Å²) in [5.74, 6) is 0. The van der Waals surface area contributed by atoms with Crippen LogP contribution in [0.1, 0.15) is 38.6 Å². The van der Waals surface area contributed by atoms with E-state index in [0.29, 0.717) is 6.04 Å². The Morgan fingerprint density at radius 1 is 1.30 bits per heavy atom. The summed E-state index contributed by atoms with van der Waals surface area (Å²) in [4.78, 5) is 7.16. The second-order valence-electron chi connectivity index (χ2n) is 5.12. The molecule has 1 aromatic heterocycles. The SMILES string of the molecule is CCNCc1cccc(CN(CCOC)C(C)CC)n1. The van der Waals surface area contributed by atoms with Gasteiger partial charge in [0, 0.05) is 32.8 Å². The van der Waals surface area contributed by atoms with Gasteiger partial charge in [0.15, 0.2) is 0 Å². The van der Waals surface area contributed by atoms with E-state index in [9.17, 15) is 0 Å². The highest BCUT2D eigenvalue weighted by atomic mass is 16.5. The summed E-state index contributed by atoms with van der Waals surface area (Å²) >= 11 is 0. The third-order valence-electron chi connectivity index (χ3n) is 3.58. The van der Waals surface area contributed by atoms with Gasteiger partial charge in [-0.3, -0.25) is 9.88 Å². The molecule has 4 heteroatoms. The zero-order valence-corrected chi connectivity index (χ0v) is 13.4. The quantitative estimate of drug-likeness (QED) is 0.714. The van der Waals surface area contributed by atoms with Crippen molar-refractivity contribution in [2.24, 2.45) is 0 Å². The average molecular weight is 279 g/mol. The van der Waals surface area contributed by atoms with Crippen LogP contribution in [0.25, 0.3) is 0 Å². The van der Waals surface area contributed by atoms with Crippen molar-refractivity contribution in [1.29, 1.82) is 0 Å². The highest BCUT2D eigenvalue weighted by molar-refractivity contribution is 5.11. The number of aromatic nitrogens is 1. The lowest BCUT2D eigenvalue weighted by molar-refractivity contribution is 0.117. The molecular formula is C16H29N3O. The van der Waals surface area contributed by atoms with Crippen LogP contribution in [0.5, 0.6) is 0 Å². The number of ether oxygens (including phenoxy) is 1. The third kappa shape index (κ3) is 5.99. The highest BCUT2D eigenvalue weighted by Crippen LogP contribution is 2.09. The molecule has 0 aromatic carbocycles. The Morgan fingerprint density at radius 3 is 2.70 bits per heavy atom. The van der Waals surface area contributed by atoms with Crippen molar-refractivity contribution in [2.45, 2.75) is 46.3 Å². The highest BCUT2D eigenvalue weighted by Gasteiger charge is 2.13. The standard InChI is InChI=1S/C16H29N3O/c1-5-14(3)19(10-11-20-4)13-16-9-7-8-15(18-16)12-17-6-2/h7-9,14,17H,5-6,10-13H2,1-4H3. The number of hydrogen-bond acceptors (Lipinski definition) is 4. The molecular weight excluding hydrogens is 250 g/mol. The summed E-state index contributed by atoms with van der Waals surface area (Å²) < 4.78 is 5.21. The number of methoxy groups -OCH3 is 1. The smallest absolute Gasteiger partial charge is 0.0589 e. The lowest BCUT2D eigenvalue weighted by Crippen LogP contribution is -2.35. The minimum Gasteiger partial charge on any atom is -0.383 e. The van der Waals surface area contributed by atoms with E-state index in [4.69, 9.17) is 9.72 Å². The first-order valence-corrected chi connectivity index (χ1v) is 7.59. The number of hydrogen-bond donors (Lipinski definition) is 1. The topological polar surface area (TPSA) is 37.4 Å². The van der Waals surface area contributed by atoms with Crippen molar-refractivity contribution in [1.82, 2.24) is 15.2 Å². The molecule has 114 valence electrons. The van der Waals surface area contributed by atoms with E-state index in [0.717, 1.165) is 50.6 Å². The second kappa shape index (κ2) is 9.86. The molecule has 4 nitrogen and oxygen atoms in total. The first-order valence-electron chi connectivity index (χ1n) is 7.59. The summed E-state index contributed by atoms with van der Waals surface area (Å²) in [6.45, 7) is 11.0. The molecule has 0 saturated heterocycles. The third-order valence-corrected chi connectivity index (χ3v) is 3.58. The maximum Gasteiger partial charge on any atom is 0.0589 e. The van der Waals surface area contributed by atoms with Gasteiger partial charge in [-0.2, -0.15) is 0 Å². The van der Waals surface area contributed by atoms with Crippen molar-refractivity contribution >= 4 is 0 Å². The van der Waals surface area contributed by atoms with Crippen LogP contribution >= 0.6 is 0 Å². The Hall–Kier alpha value is -0.970. The van der Waals surface area contributed by atoms with Crippen LogP contribution in [0.2, 0.25) is 0 Å². The van der Waals surface area contributed by atoms with Crippen molar-refractivity contribution in [3.05, 3.63) is 29.6 Å². The van der Waals surface area contributed by atoms with Crippen molar-refractivity contribution in [2.75, 3.05) is 26.8 Å². The fraction of sp³-hybridized carbons (Fsp3) is 0.688. The van der Waals surface area contributed by atoms with E-state index in [-0.39, 0.29) is 0 Å². The van der Waals surface area contributed by atoms with E-state index < -0.39 is 0 Å². The maximum absolute atomic E-state index is 5.21. The molecule has 0 fully saturated rings. The normalized spacial score (nSPS) is 12.8. The molecule has 20 heavy (non-hydrogen) atoms. The fourth-order valence-corrected chi connectivity index (χ4v) is 2.10. The number of rotatable bonds is 10. The zero-order valence-electron chi connectivity index (χ0n) is 13.4. The molecule has 1 aromatic rings. The van der Waals surface area contributed by atoms with Crippen LogP contribution < -0.4 is 5.32 Å². The molecule has 0 aliphatic carbocycles. The molecule has 1 unspecified atom stereocenters. The molecule has 0 spiro atoms. The van der Waals surface area contributed by atoms with Gasteiger partial charge < -0.3 is 10.1 Å². The number of pyridine rings is 1. The van der Waals surface area contributed by atoms with Crippen LogP contribution in [0.3, 0.4) is 0 Å². The maximum atomic E-state index is 5.21. The minimum absolute atomic E-state index is 0.546. The van der Waals surface area contributed by atoms with Gasteiger partial charge in [0.05, 0.1) is 18.0 Å². The van der Waals surface area contributed by atoms with Gasteiger partial charge in [0.1, 0.15) is 0 Å². The second-order valence-corrected chi connectivity index (χ2v) is 5.12. The Morgan fingerprint density at radius 2 is 2.05 bits per heavy atom. The Balaban J connectivity index is 2.66. The fourth-order valence-electron chi connectivity index (χ4n) is 2.10. The molecule has 1 N–H and O–H groups in total. The van der Waals surface area contributed by atoms with Crippen molar-refractivity contribution in [3.8, 4) is 0 Å². The van der Waals surface area contributed by atoms with Gasteiger partial charge in [-0.15, -0.1) is 0 Å². The summed E-state index contributed by atoms with van der Waals surface area (Å²) in [6.07, 6.45) is 1.14. The molecule has 1 atom stereocenters. The first kappa shape index (κ1) is 17.1. The van der Waals surface area contributed by atoms with Gasteiger partial charge in [-0.05, 0) is 32.0 Å². The monoisotopic (exact) mass is 279 g/mol. The Labute approximate surface area is 123 Å². The molecule has 0 amide bonds. The molecule has 0 aliphatic rings. The lowest BCUT2D eigenvalue weighted by Gasteiger charge is -2.27. The first-order chi connectivity index (χ1) is 9.71. The molecule has 1 rings (SSSR count). The van der Waals surface area contributed by atoms with Gasteiger partial charge in [-0.1, -0.05) is 19.9 Å². The van der Waals surface area contributed by atoms with Gasteiger partial charge >= 0.3 is 0 Å². The van der Waals surface area contributed by atoms with Crippen LogP contribution in [0.4, 0.5) is 0 Å². The predicted molar refractivity (Wildman–Crippen MR) is 83.7 cm³/mol. The van der Waals surface area contributed by atoms with Crippen LogP contribution in [0.15, 0.2) is 18.2 Å². The molecule has 0 saturated carbocycles. The molecule has 0 radical (unpaired) electrons. The van der Waals surface area contributed by atoms with E-state index in [1.165, 1.54) is 0 Å². The van der Waals surface area contributed by atoms with E-state index in [2.05, 4.69) is 49.2 Å². The number of nitrogens with one attached hydrogen (secondary N) is 1. The van der Waals surface area contributed by atoms with Crippen LogP contribution in [-0.4, -0.2) is 42.7 Å². The molecule has 1 heterocycles. The predicted octanol–water partition coefficient (Wildman–Crippen LogP) is 2.44. The van der Waals surface area contributed by atoms with Gasteiger partial charge in [0.25, 0.3) is 0 Å². The minimum atomic E-state index is 0.546. The van der Waals surface area contributed by atoms with E-state index in [1.54, 1.807) is 7.11 Å². The summed E-state index contributed by atoms with van der Waals surface area (Å²) in [5, 5.41) is 3.32. The number of nitrogens with zero attached hydrogens (tertiary/aromatic N) is 2. The summed E-state index contributed by atoms with van der Waals surface area (Å²) in [7, 11) is 1.75. The Kier molecular flexibility index (Phi) is 8.42. The van der Waals surface area contributed by atoms with Crippen LogP contribution in [-0.2, 0) is 17.8 Å². The van der Waals surface area contributed by atoms with E-state index in [1.807, 2.05) is 0 Å². The van der Waals surface area contributed by atoms with Crippen molar-refractivity contribution in [3.63, 3.8) is 0 Å². The summed E-state index contributed by atoms with van der Waals surface area (Å²) in [6, 6.07) is 6.83. The van der Waals surface area contributed by atoms with Crippen LogP contribution in [0, 0.1) is 0 Å². The average Bonchev–Trinajstić information content (AvgIpc) is 2.49. The van der Waals surface area contributed by atoms with Gasteiger partial charge in [-0.25, -0.2) is 0 Å². The molecule has 0 bridgehead atoms. The molecule has 0 aliphatic heterocycles. The van der Waals surface area contributed by atoms with E-state index >= 15 is 0 Å². The largest absolute Gasteiger partial charge is 0.383 e. The Bertz CT molecular complexity index is 370.